The van der Waals surface area contributed by atoms with Crippen molar-refractivity contribution in [1.82, 2.24) is 9.88 Å². The van der Waals surface area contributed by atoms with Gasteiger partial charge in [-0.3, -0.25) is 9.59 Å². The van der Waals surface area contributed by atoms with Crippen molar-refractivity contribution in [2.75, 3.05) is 19.6 Å². The fourth-order valence-electron chi connectivity index (χ4n) is 5.48. The summed E-state index contributed by atoms with van der Waals surface area (Å²) in [5.74, 6) is 0.232. The summed E-state index contributed by atoms with van der Waals surface area (Å²) in [7, 11) is 0. The van der Waals surface area contributed by atoms with Gasteiger partial charge in [0.25, 0.3) is 0 Å². The monoisotopic (exact) mass is 466 g/mol. The molecule has 1 aliphatic heterocycles. The number of nitrogens with zero attached hydrogens (tertiary/aromatic N) is 1. The van der Waals surface area contributed by atoms with Crippen LogP contribution in [-0.2, 0) is 12.8 Å². The normalized spacial score (nSPS) is 16.4. The Kier molecular flexibility index (Phi) is 5.52. The highest BCUT2D eigenvalue weighted by Gasteiger charge is 2.27. The first-order valence-electron chi connectivity index (χ1n) is 11.9. The molecular formula is C29H26N2O2S. The molecule has 5 heteroatoms. The molecule has 0 atom stereocenters. The summed E-state index contributed by atoms with van der Waals surface area (Å²) in [6.45, 7) is 2.93. The molecule has 2 aliphatic rings. The molecule has 6 rings (SSSR count). The lowest BCUT2D eigenvalue weighted by molar-refractivity contribution is 0.0997. The van der Waals surface area contributed by atoms with Crippen molar-refractivity contribution in [3.63, 3.8) is 0 Å². The van der Waals surface area contributed by atoms with E-state index in [-0.39, 0.29) is 11.3 Å². The predicted octanol–water partition coefficient (Wildman–Crippen LogP) is 5.47. The van der Waals surface area contributed by atoms with E-state index in [1.165, 1.54) is 16.7 Å². The van der Waals surface area contributed by atoms with Crippen molar-refractivity contribution < 1.29 is 4.79 Å². The van der Waals surface area contributed by atoms with E-state index in [1.54, 1.807) is 17.4 Å². The van der Waals surface area contributed by atoms with Crippen molar-refractivity contribution in [1.29, 1.82) is 0 Å². The predicted molar refractivity (Wildman–Crippen MR) is 139 cm³/mol. The zero-order valence-electron chi connectivity index (χ0n) is 19.0. The number of rotatable bonds is 3. The number of likely N-dealkylation sites (tertiary alicyclic amines) is 1. The van der Waals surface area contributed by atoms with Gasteiger partial charge in [0.1, 0.15) is 0 Å². The number of fused-ring (bicyclic) bond motifs is 3. The van der Waals surface area contributed by atoms with E-state index in [2.05, 4.69) is 45.6 Å². The van der Waals surface area contributed by atoms with Crippen LogP contribution in [0.5, 0.6) is 0 Å². The highest BCUT2D eigenvalue weighted by molar-refractivity contribution is 7.12. The van der Waals surface area contributed by atoms with Gasteiger partial charge in [0.05, 0.1) is 4.88 Å². The number of carbonyl (C=O) groups excluding carboxylic acids is 1. The van der Waals surface area contributed by atoms with Crippen LogP contribution in [0.4, 0.5) is 0 Å². The molecule has 1 N–H and O–H groups in total. The molecule has 0 bridgehead atoms. The quantitative estimate of drug-likeness (QED) is 0.436. The summed E-state index contributed by atoms with van der Waals surface area (Å²) in [5, 5.41) is 3.18. The molecule has 3 heterocycles. The van der Waals surface area contributed by atoms with Crippen molar-refractivity contribution in [2.24, 2.45) is 0 Å². The number of ketones is 1. The molecule has 2 aromatic heterocycles. The minimum atomic E-state index is -0.0347. The number of piperidine rings is 1. The van der Waals surface area contributed by atoms with Crippen LogP contribution in [0.2, 0.25) is 0 Å². The Morgan fingerprint density at radius 2 is 1.71 bits per heavy atom. The summed E-state index contributed by atoms with van der Waals surface area (Å²) < 4.78 is 0. The van der Waals surface area contributed by atoms with Gasteiger partial charge in [-0.1, -0.05) is 48.0 Å². The Morgan fingerprint density at radius 1 is 0.912 bits per heavy atom. The molecule has 0 spiro atoms. The second-order valence-electron chi connectivity index (χ2n) is 9.20. The van der Waals surface area contributed by atoms with Crippen LogP contribution in [0, 0.1) is 0 Å². The van der Waals surface area contributed by atoms with Crippen LogP contribution in [0.1, 0.15) is 44.8 Å². The van der Waals surface area contributed by atoms with Gasteiger partial charge >= 0.3 is 0 Å². The summed E-state index contributed by atoms with van der Waals surface area (Å²) in [4.78, 5) is 31.3. The number of hydrogen-bond acceptors (Lipinski definition) is 4. The van der Waals surface area contributed by atoms with Crippen molar-refractivity contribution in [3.05, 3.63) is 109 Å². The van der Waals surface area contributed by atoms with Gasteiger partial charge in [0, 0.05) is 48.6 Å². The molecule has 0 radical (unpaired) electrons. The molecule has 0 saturated carbocycles. The van der Waals surface area contributed by atoms with Crippen LogP contribution >= 0.6 is 11.3 Å². The number of aromatic nitrogens is 1. The van der Waals surface area contributed by atoms with E-state index in [0.29, 0.717) is 6.42 Å². The highest BCUT2D eigenvalue weighted by Crippen LogP contribution is 2.40. The van der Waals surface area contributed by atoms with Gasteiger partial charge in [0.2, 0.25) is 5.56 Å². The molecule has 0 unspecified atom stereocenters. The zero-order valence-corrected chi connectivity index (χ0v) is 19.8. The largest absolute Gasteiger partial charge is 0.322 e. The van der Waals surface area contributed by atoms with Crippen molar-refractivity contribution in [3.8, 4) is 0 Å². The van der Waals surface area contributed by atoms with Crippen molar-refractivity contribution in [2.45, 2.75) is 25.7 Å². The van der Waals surface area contributed by atoms with Crippen LogP contribution in [0.3, 0.4) is 0 Å². The molecule has 4 nitrogen and oxygen atoms in total. The maximum Gasteiger partial charge on any atom is 0.248 e. The van der Waals surface area contributed by atoms with E-state index in [4.69, 9.17) is 0 Å². The molecule has 1 saturated heterocycles. The second-order valence-corrected chi connectivity index (χ2v) is 10.1. The number of nitrogens with one attached hydrogen (secondary N) is 1. The Bertz CT molecular complexity index is 1480. The van der Waals surface area contributed by atoms with Crippen LogP contribution < -0.4 is 5.56 Å². The topological polar surface area (TPSA) is 53.2 Å². The molecule has 4 aromatic rings. The standard InChI is InChI=1S/C29H26N2O2S/c32-26-17-20-5-1-2-7-23(20)28(24-12-16-34-29(24)26)19-9-13-31(14-10-19)15-11-21-18-27(33)30-25-8-4-3-6-22(21)25/h1-8,12,16,18H,9-11,13-15,17H2,(H,30,33). The Labute approximate surface area is 202 Å². The smallest absolute Gasteiger partial charge is 0.248 e. The number of para-hydroxylation sites is 1. The third-order valence-corrected chi connectivity index (χ3v) is 8.13. The molecule has 170 valence electrons. The number of pyridine rings is 1. The Balaban J connectivity index is 1.25. The van der Waals surface area contributed by atoms with Gasteiger partial charge in [0.15, 0.2) is 5.78 Å². The van der Waals surface area contributed by atoms with E-state index in [9.17, 15) is 9.59 Å². The van der Waals surface area contributed by atoms with E-state index < -0.39 is 0 Å². The summed E-state index contributed by atoms with van der Waals surface area (Å²) in [6.07, 6.45) is 3.35. The number of carbonyl (C=O) groups is 1. The first-order valence-corrected chi connectivity index (χ1v) is 12.8. The van der Waals surface area contributed by atoms with E-state index in [0.717, 1.165) is 71.4 Å². The summed E-state index contributed by atoms with van der Waals surface area (Å²) in [6, 6.07) is 20.3. The lowest BCUT2D eigenvalue weighted by Crippen LogP contribution is -2.33. The highest BCUT2D eigenvalue weighted by atomic mass is 32.1. The fraction of sp³-hybridized carbons (Fsp3) is 0.241. The van der Waals surface area contributed by atoms with Crippen molar-refractivity contribution >= 4 is 33.6 Å². The van der Waals surface area contributed by atoms with Crippen LogP contribution in [-0.4, -0.2) is 35.3 Å². The van der Waals surface area contributed by atoms with E-state index >= 15 is 0 Å². The average Bonchev–Trinajstić information content (AvgIpc) is 3.30. The maximum atomic E-state index is 12.9. The van der Waals surface area contributed by atoms with Crippen LogP contribution in [0.25, 0.3) is 16.5 Å². The fourth-order valence-corrected chi connectivity index (χ4v) is 6.32. The average molecular weight is 467 g/mol. The Morgan fingerprint density at radius 3 is 2.59 bits per heavy atom. The number of H-pyrrole nitrogens is 1. The van der Waals surface area contributed by atoms with E-state index in [1.807, 2.05) is 24.3 Å². The Hall–Kier alpha value is -3.28. The van der Waals surface area contributed by atoms with Crippen LogP contribution in [0.15, 0.2) is 76.4 Å². The molecule has 2 aromatic carbocycles. The summed E-state index contributed by atoms with van der Waals surface area (Å²) in [5.41, 5.74) is 8.23. The second kappa shape index (κ2) is 8.82. The molecule has 1 fully saturated rings. The zero-order chi connectivity index (χ0) is 23.1. The van der Waals surface area contributed by atoms with Gasteiger partial charge in [-0.25, -0.2) is 0 Å². The van der Waals surface area contributed by atoms with Gasteiger partial charge in [-0.05, 0) is 59.0 Å². The number of hydrogen-bond donors (Lipinski definition) is 1. The maximum absolute atomic E-state index is 12.9. The molecule has 0 amide bonds. The molecule has 1 aliphatic carbocycles. The number of Topliss-reactive ketones (excluding diaryl/α,β-unsaturated/α-hetero) is 1. The third kappa shape index (κ3) is 3.85. The number of benzene rings is 2. The number of thiophene rings is 1. The third-order valence-electron chi connectivity index (χ3n) is 7.17. The molecular weight excluding hydrogens is 440 g/mol. The van der Waals surface area contributed by atoms with Gasteiger partial charge in [-0.15, -0.1) is 11.3 Å². The lowest BCUT2D eigenvalue weighted by Gasteiger charge is -2.30. The number of aromatic amines is 1. The molecule has 34 heavy (non-hydrogen) atoms. The lowest BCUT2D eigenvalue weighted by atomic mass is 9.87. The summed E-state index contributed by atoms with van der Waals surface area (Å²) >= 11 is 1.57. The first kappa shape index (κ1) is 21.3. The minimum Gasteiger partial charge on any atom is -0.322 e. The van der Waals surface area contributed by atoms with Gasteiger partial charge in [-0.2, -0.15) is 0 Å². The minimum absolute atomic E-state index is 0.0347. The SMILES string of the molecule is O=C1Cc2ccccc2C(=C2CCN(CCc3cc(=O)[nH]c4ccccc34)CC2)c2ccsc21. The first-order chi connectivity index (χ1) is 16.7. The van der Waals surface area contributed by atoms with Gasteiger partial charge < -0.3 is 9.88 Å².